The summed E-state index contributed by atoms with van der Waals surface area (Å²) in [6, 6.07) is 6.06. The number of rotatable bonds is 5. The summed E-state index contributed by atoms with van der Waals surface area (Å²) in [6.45, 7) is 7.39. The van der Waals surface area contributed by atoms with Crippen LogP contribution in [0.15, 0.2) is 18.2 Å². The van der Waals surface area contributed by atoms with Gasteiger partial charge in [0.15, 0.2) is 0 Å². The maximum atomic E-state index is 13.3. The average Bonchev–Trinajstić information content (AvgIpc) is 2.34. The Morgan fingerprint density at radius 2 is 2.09 bits per heavy atom. The highest BCUT2D eigenvalue weighted by atomic mass is 19.1. The van der Waals surface area contributed by atoms with Gasteiger partial charge >= 0.3 is 6.09 Å². The van der Waals surface area contributed by atoms with Crippen molar-refractivity contribution in [2.75, 3.05) is 11.9 Å². The maximum Gasteiger partial charge on any atom is 0.407 e. The lowest BCUT2D eigenvalue weighted by atomic mass is 10.1. The number of carbonyl (C=O) groups excluding carboxylic acids is 1. The van der Waals surface area contributed by atoms with Gasteiger partial charge in [-0.05, 0) is 57.9 Å². The van der Waals surface area contributed by atoms with Gasteiger partial charge in [0.05, 0.1) is 6.07 Å². The lowest BCUT2D eigenvalue weighted by Crippen LogP contribution is -2.34. The molecule has 1 amide bonds. The van der Waals surface area contributed by atoms with E-state index in [4.69, 9.17) is 10.00 Å². The normalized spacial score (nSPS) is 12.2. The molecule has 0 heterocycles. The minimum atomic E-state index is -0.559. The summed E-state index contributed by atoms with van der Waals surface area (Å²) in [6.07, 6.45) is -0.142. The molecule has 22 heavy (non-hydrogen) atoms. The Morgan fingerprint density at radius 1 is 1.41 bits per heavy atom. The molecular formula is C16H22FN3O2. The third-order valence-electron chi connectivity index (χ3n) is 2.64. The summed E-state index contributed by atoms with van der Waals surface area (Å²) in [4.78, 5) is 11.5. The fourth-order valence-corrected chi connectivity index (χ4v) is 1.82. The van der Waals surface area contributed by atoms with E-state index < -0.39 is 17.7 Å². The molecule has 1 rings (SSSR count). The number of amides is 1. The number of anilines is 1. The number of hydrogen-bond acceptors (Lipinski definition) is 4. The second-order valence-electron chi connectivity index (χ2n) is 6.06. The summed E-state index contributed by atoms with van der Waals surface area (Å²) in [5, 5.41) is 14.7. The highest BCUT2D eigenvalue weighted by Crippen LogP contribution is 2.15. The van der Waals surface area contributed by atoms with Gasteiger partial charge in [-0.1, -0.05) is 0 Å². The highest BCUT2D eigenvalue weighted by molar-refractivity contribution is 5.67. The molecule has 1 aromatic carbocycles. The number of aryl methyl sites for hydroxylation is 1. The van der Waals surface area contributed by atoms with Crippen LogP contribution in [-0.4, -0.2) is 24.3 Å². The van der Waals surface area contributed by atoms with Gasteiger partial charge in [0.25, 0.3) is 0 Å². The number of hydrogen-bond donors (Lipinski definition) is 2. The summed E-state index contributed by atoms with van der Waals surface area (Å²) < 4.78 is 18.4. The third kappa shape index (κ3) is 6.93. The molecule has 0 saturated carbocycles. The topological polar surface area (TPSA) is 74.2 Å². The van der Waals surface area contributed by atoms with Crippen molar-refractivity contribution >= 4 is 11.8 Å². The molecule has 1 aromatic rings. The number of nitrogens with one attached hydrogen (secondary N) is 2. The van der Waals surface area contributed by atoms with Gasteiger partial charge in [-0.3, -0.25) is 0 Å². The van der Waals surface area contributed by atoms with Crippen LogP contribution in [0.2, 0.25) is 0 Å². The molecule has 2 N–H and O–H groups in total. The van der Waals surface area contributed by atoms with Crippen molar-refractivity contribution in [3.63, 3.8) is 0 Å². The molecule has 0 aliphatic carbocycles. The second kappa shape index (κ2) is 7.64. The molecule has 1 atom stereocenters. The first-order valence-corrected chi connectivity index (χ1v) is 7.10. The first-order chi connectivity index (χ1) is 10.2. The summed E-state index contributed by atoms with van der Waals surface area (Å²) in [5.41, 5.74) is 0.753. The van der Waals surface area contributed by atoms with E-state index in [1.807, 2.05) is 0 Å². The van der Waals surface area contributed by atoms with Crippen molar-refractivity contribution in [2.24, 2.45) is 0 Å². The van der Waals surface area contributed by atoms with E-state index in [0.717, 1.165) is 5.56 Å². The molecule has 0 aliphatic heterocycles. The van der Waals surface area contributed by atoms with Crippen molar-refractivity contribution in [1.29, 1.82) is 5.26 Å². The monoisotopic (exact) mass is 307 g/mol. The van der Waals surface area contributed by atoms with Crippen LogP contribution < -0.4 is 10.6 Å². The van der Waals surface area contributed by atoms with Gasteiger partial charge in [0.1, 0.15) is 17.5 Å². The van der Waals surface area contributed by atoms with Crippen LogP contribution in [0.5, 0.6) is 0 Å². The Bertz CT molecular complexity index is 541. The van der Waals surface area contributed by atoms with Gasteiger partial charge in [0.2, 0.25) is 0 Å². The van der Waals surface area contributed by atoms with E-state index in [1.165, 1.54) is 12.1 Å². The summed E-state index contributed by atoms with van der Waals surface area (Å²) >= 11 is 0. The minimum absolute atomic E-state index is 0.286. The van der Waals surface area contributed by atoms with Crippen LogP contribution in [0.4, 0.5) is 14.9 Å². The number of benzene rings is 1. The lowest BCUT2D eigenvalue weighted by molar-refractivity contribution is 0.0527. The number of nitriles is 1. The highest BCUT2D eigenvalue weighted by Gasteiger charge is 2.16. The Morgan fingerprint density at radius 3 is 2.64 bits per heavy atom. The fourth-order valence-electron chi connectivity index (χ4n) is 1.82. The van der Waals surface area contributed by atoms with E-state index >= 15 is 0 Å². The standard InChI is InChI=1S/C16H22FN3O2/c1-11-7-12(17)9-14(8-11)20-13(10-18)5-6-19-15(21)22-16(2,3)4/h7-9,13,20H,5-6H2,1-4H3,(H,19,21). The van der Waals surface area contributed by atoms with Crippen LogP contribution in [0.1, 0.15) is 32.8 Å². The molecule has 0 aromatic heterocycles. The van der Waals surface area contributed by atoms with Gasteiger partial charge in [-0.2, -0.15) is 5.26 Å². The van der Waals surface area contributed by atoms with Crippen LogP contribution in [-0.2, 0) is 4.74 Å². The summed E-state index contributed by atoms with van der Waals surface area (Å²) in [5.74, 6) is -0.355. The van der Waals surface area contributed by atoms with Crippen molar-refractivity contribution in [2.45, 2.75) is 45.8 Å². The smallest absolute Gasteiger partial charge is 0.407 e. The van der Waals surface area contributed by atoms with Crippen LogP contribution in [0.3, 0.4) is 0 Å². The van der Waals surface area contributed by atoms with Gasteiger partial charge < -0.3 is 15.4 Å². The Kier molecular flexibility index (Phi) is 6.17. The molecule has 0 radical (unpaired) electrons. The van der Waals surface area contributed by atoms with Crippen LogP contribution >= 0.6 is 0 Å². The quantitative estimate of drug-likeness (QED) is 0.875. The molecule has 0 bridgehead atoms. The first-order valence-electron chi connectivity index (χ1n) is 7.10. The number of halogens is 1. The molecule has 0 fully saturated rings. The molecule has 6 heteroatoms. The van der Waals surface area contributed by atoms with Crippen LogP contribution in [0.25, 0.3) is 0 Å². The zero-order chi connectivity index (χ0) is 16.8. The van der Waals surface area contributed by atoms with Gasteiger partial charge in [-0.15, -0.1) is 0 Å². The van der Waals surface area contributed by atoms with Crippen LogP contribution in [0, 0.1) is 24.1 Å². The molecule has 120 valence electrons. The minimum Gasteiger partial charge on any atom is -0.444 e. The SMILES string of the molecule is Cc1cc(F)cc(NC(C#N)CCNC(=O)OC(C)(C)C)c1. The fraction of sp³-hybridized carbons (Fsp3) is 0.500. The molecule has 0 spiro atoms. The lowest BCUT2D eigenvalue weighted by Gasteiger charge is -2.20. The Labute approximate surface area is 130 Å². The third-order valence-corrected chi connectivity index (χ3v) is 2.64. The van der Waals surface area contributed by atoms with Gasteiger partial charge in [-0.25, -0.2) is 9.18 Å². The van der Waals surface area contributed by atoms with Crippen molar-refractivity contribution in [3.8, 4) is 6.07 Å². The van der Waals surface area contributed by atoms with E-state index in [1.54, 1.807) is 33.8 Å². The second-order valence-corrected chi connectivity index (χ2v) is 6.06. The molecule has 1 unspecified atom stereocenters. The van der Waals surface area contributed by atoms with E-state index in [-0.39, 0.29) is 12.4 Å². The Balaban J connectivity index is 2.46. The Hall–Kier alpha value is -2.29. The largest absolute Gasteiger partial charge is 0.444 e. The van der Waals surface area contributed by atoms with E-state index in [9.17, 15) is 9.18 Å². The molecular weight excluding hydrogens is 285 g/mol. The molecule has 5 nitrogen and oxygen atoms in total. The summed E-state index contributed by atoms with van der Waals surface area (Å²) in [7, 11) is 0. The predicted octanol–water partition coefficient (Wildman–Crippen LogP) is 3.35. The van der Waals surface area contributed by atoms with E-state index in [0.29, 0.717) is 12.1 Å². The number of ether oxygens (including phenoxy) is 1. The molecule has 0 saturated heterocycles. The van der Waals surface area contributed by atoms with E-state index in [2.05, 4.69) is 16.7 Å². The number of alkyl carbamates (subject to hydrolysis) is 1. The van der Waals surface area contributed by atoms with Crippen molar-refractivity contribution in [1.82, 2.24) is 5.32 Å². The molecule has 0 aliphatic rings. The predicted molar refractivity (Wildman–Crippen MR) is 83.0 cm³/mol. The zero-order valence-electron chi connectivity index (χ0n) is 13.4. The van der Waals surface area contributed by atoms with Gasteiger partial charge in [0, 0.05) is 12.2 Å². The number of nitrogens with zero attached hydrogens (tertiary/aromatic N) is 1. The first kappa shape index (κ1) is 17.8. The number of carbonyl (C=O) groups is 1. The van der Waals surface area contributed by atoms with Crippen molar-refractivity contribution in [3.05, 3.63) is 29.6 Å². The maximum absolute atomic E-state index is 13.3. The van der Waals surface area contributed by atoms with Crippen molar-refractivity contribution < 1.29 is 13.9 Å². The zero-order valence-corrected chi connectivity index (χ0v) is 13.4. The average molecular weight is 307 g/mol.